The fraction of sp³-hybridized carbons (Fsp3) is 0.256. The van der Waals surface area contributed by atoms with Crippen molar-refractivity contribution in [2.24, 2.45) is 0 Å². The number of H-pyrrole nitrogens is 2. The van der Waals surface area contributed by atoms with E-state index >= 15 is 0 Å². The SMILES string of the molecule is CN(C)CCCOc1cccc(-c2c3nc(cc4ccc([nH]4)c(-c4cccc(OCCC[N+](C)(C)C)c4)c4nc(cc5ccc2[nH]5)C=C4)C=C3)c1. The van der Waals surface area contributed by atoms with Crippen LogP contribution < -0.4 is 9.47 Å². The molecule has 0 aliphatic carbocycles. The molecule has 5 aromatic rings. The number of benzene rings is 2. The van der Waals surface area contributed by atoms with Gasteiger partial charge in [0.2, 0.25) is 0 Å². The van der Waals surface area contributed by atoms with Gasteiger partial charge in [-0.15, -0.1) is 0 Å². The first-order valence-corrected chi connectivity index (χ1v) is 17.7. The lowest BCUT2D eigenvalue weighted by Gasteiger charge is -2.23. The summed E-state index contributed by atoms with van der Waals surface area (Å²) < 4.78 is 13.3. The Morgan fingerprint density at radius 1 is 0.608 bits per heavy atom. The molecule has 0 spiro atoms. The van der Waals surface area contributed by atoms with Crippen LogP contribution in [0.15, 0.2) is 84.9 Å². The van der Waals surface area contributed by atoms with Crippen LogP contribution in [-0.2, 0) is 0 Å². The molecule has 8 bridgehead atoms. The number of hydrogen-bond acceptors (Lipinski definition) is 5. The molecule has 0 atom stereocenters. The minimum atomic E-state index is 0.661. The predicted molar refractivity (Wildman–Crippen MR) is 211 cm³/mol. The first-order chi connectivity index (χ1) is 24.7. The van der Waals surface area contributed by atoms with Gasteiger partial charge in [0.1, 0.15) is 11.5 Å². The summed E-state index contributed by atoms with van der Waals surface area (Å²) in [5.41, 5.74) is 11.5. The van der Waals surface area contributed by atoms with E-state index in [9.17, 15) is 0 Å². The number of aromatic amines is 2. The maximum Gasteiger partial charge on any atom is 0.119 e. The normalized spacial score (nSPS) is 12.5. The molecule has 2 aliphatic rings. The summed E-state index contributed by atoms with van der Waals surface area (Å²) in [6, 6.07) is 29.2. The summed E-state index contributed by atoms with van der Waals surface area (Å²) >= 11 is 0. The van der Waals surface area contributed by atoms with Gasteiger partial charge in [0, 0.05) is 46.2 Å². The first-order valence-electron chi connectivity index (χ1n) is 17.7. The van der Waals surface area contributed by atoms with Crippen molar-refractivity contribution in [3.63, 3.8) is 0 Å². The molecule has 0 saturated carbocycles. The van der Waals surface area contributed by atoms with Crippen LogP contribution in [0.25, 0.3) is 68.6 Å². The van der Waals surface area contributed by atoms with Crippen molar-refractivity contribution in [2.45, 2.75) is 12.8 Å². The van der Waals surface area contributed by atoms with Gasteiger partial charge < -0.3 is 28.8 Å². The predicted octanol–water partition coefficient (Wildman–Crippen LogP) is 8.80. The molecule has 51 heavy (non-hydrogen) atoms. The van der Waals surface area contributed by atoms with Gasteiger partial charge in [-0.05, 0) is 117 Å². The van der Waals surface area contributed by atoms with Crippen LogP contribution in [-0.4, -0.2) is 90.9 Å². The highest BCUT2D eigenvalue weighted by Crippen LogP contribution is 2.34. The number of fused-ring (bicyclic) bond motifs is 8. The van der Waals surface area contributed by atoms with Gasteiger partial charge in [0.05, 0.1) is 63.7 Å². The fourth-order valence-corrected chi connectivity index (χ4v) is 6.46. The highest BCUT2D eigenvalue weighted by Gasteiger charge is 2.15. The van der Waals surface area contributed by atoms with E-state index in [1.165, 1.54) is 0 Å². The molecule has 0 amide bonds. The van der Waals surface area contributed by atoms with Gasteiger partial charge >= 0.3 is 0 Å². The first kappa shape index (κ1) is 34.0. The molecule has 0 saturated heterocycles. The summed E-state index contributed by atoms with van der Waals surface area (Å²) in [5, 5.41) is 0. The topological polar surface area (TPSA) is 79.1 Å². The number of ether oxygens (including phenoxy) is 2. The lowest BCUT2D eigenvalue weighted by atomic mass is 10.0. The lowest BCUT2D eigenvalue weighted by Crippen LogP contribution is -2.35. The van der Waals surface area contributed by atoms with Crippen molar-refractivity contribution in [2.75, 3.05) is 61.5 Å². The minimum Gasteiger partial charge on any atom is -0.494 e. The average Bonchev–Trinajstić information content (AvgIpc) is 3.92. The third-order valence-corrected chi connectivity index (χ3v) is 8.90. The quantitative estimate of drug-likeness (QED) is 0.0997. The van der Waals surface area contributed by atoms with E-state index in [2.05, 4.69) is 141 Å². The van der Waals surface area contributed by atoms with Crippen LogP contribution in [0, 0.1) is 0 Å². The Balaban J connectivity index is 1.32. The third kappa shape index (κ3) is 8.48. The van der Waals surface area contributed by atoms with Gasteiger partial charge in [0.15, 0.2) is 0 Å². The Labute approximate surface area is 300 Å². The molecule has 260 valence electrons. The summed E-state index contributed by atoms with van der Waals surface area (Å²) in [4.78, 5) is 19.7. The van der Waals surface area contributed by atoms with Gasteiger partial charge in [-0.1, -0.05) is 24.3 Å². The van der Waals surface area contributed by atoms with Crippen LogP contribution in [0.4, 0.5) is 0 Å². The van der Waals surface area contributed by atoms with Crippen LogP contribution >= 0.6 is 0 Å². The second-order valence-corrected chi connectivity index (χ2v) is 14.5. The number of nitrogens with one attached hydrogen (secondary N) is 2. The lowest BCUT2D eigenvalue weighted by molar-refractivity contribution is -0.870. The largest absolute Gasteiger partial charge is 0.494 e. The highest BCUT2D eigenvalue weighted by atomic mass is 16.5. The van der Waals surface area contributed by atoms with E-state index in [4.69, 9.17) is 19.4 Å². The van der Waals surface area contributed by atoms with Gasteiger partial charge in [-0.2, -0.15) is 0 Å². The molecule has 2 N–H and O–H groups in total. The standard InChI is InChI=1S/C43H47N6O2/c1-48(2)22-8-24-50-36-12-6-10-30(26-36)42-38-18-14-32(44-38)28-34-16-20-40(46-34)43(41-21-17-35(47-41)29-33-15-19-39(42)45-33)31-11-7-13-37(27-31)51-25-9-23-49(3,4)5/h6-7,10-21,26-29,44,47H,8-9,22-25H2,1-5H3/q+1. The van der Waals surface area contributed by atoms with E-state index in [0.717, 1.165) is 109 Å². The molecule has 0 unspecified atom stereocenters. The highest BCUT2D eigenvalue weighted by molar-refractivity contribution is 5.93. The molecule has 2 aliphatic heterocycles. The number of aromatic nitrogens is 4. The van der Waals surface area contributed by atoms with Crippen molar-refractivity contribution in [1.29, 1.82) is 0 Å². The van der Waals surface area contributed by atoms with Crippen LogP contribution in [0.3, 0.4) is 0 Å². The molecule has 3 aromatic heterocycles. The summed E-state index contributed by atoms with van der Waals surface area (Å²) in [6.45, 7) is 3.37. The zero-order valence-electron chi connectivity index (χ0n) is 30.2. The van der Waals surface area contributed by atoms with E-state index < -0.39 is 0 Å². The molecule has 2 aromatic carbocycles. The van der Waals surface area contributed by atoms with E-state index in [-0.39, 0.29) is 0 Å². The van der Waals surface area contributed by atoms with Crippen molar-refractivity contribution >= 4 is 46.4 Å². The monoisotopic (exact) mass is 679 g/mol. The Bertz CT molecular complexity index is 2250. The summed E-state index contributed by atoms with van der Waals surface area (Å²) in [7, 11) is 10.8. The molecular formula is C43H47N6O2+. The number of hydrogen-bond donors (Lipinski definition) is 2. The van der Waals surface area contributed by atoms with Crippen molar-refractivity contribution in [3.05, 3.63) is 108 Å². The Kier molecular flexibility index (Phi) is 9.88. The van der Waals surface area contributed by atoms with Crippen molar-refractivity contribution in [3.8, 4) is 33.8 Å². The molecule has 5 heterocycles. The number of nitrogens with zero attached hydrogens (tertiary/aromatic N) is 4. The molecule has 7 rings (SSSR count). The number of quaternary nitrogens is 1. The van der Waals surface area contributed by atoms with E-state index in [1.807, 2.05) is 18.2 Å². The summed E-state index contributed by atoms with van der Waals surface area (Å²) in [5.74, 6) is 1.70. The second-order valence-electron chi connectivity index (χ2n) is 14.5. The second kappa shape index (κ2) is 14.8. The molecular weight excluding hydrogens is 633 g/mol. The van der Waals surface area contributed by atoms with Crippen LogP contribution in [0.1, 0.15) is 35.6 Å². The number of rotatable bonds is 12. The van der Waals surface area contributed by atoms with Gasteiger partial charge in [-0.25, -0.2) is 9.97 Å². The van der Waals surface area contributed by atoms with Gasteiger partial charge in [0.25, 0.3) is 0 Å². The Morgan fingerprint density at radius 2 is 1.12 bits per heavy atom. The van der Waals surface area contributed by atoms with E-state index in [0.29, 0.717) is 13.2 Å². The minimum absolute atomic E-state index is 0.661. The zero-order chi connectivity index (χ0) is 35.4. The maximum absolute atomic E-state index is 6.22. The Morgan fingerprint density at radius 3 is 1.61 bits per heavy atom. The average molecular weight is 680 g/mol. The zero-order valence-corrected chi connectivity index (χ0v) is 30.2. The Hall–Kier alpha value is -5.44. The van der Waals surface area contributed by atoms with E-state index in [1.54, 1.807) is 0 Å². The molecule has 8 nitrogen and oxygen atoms in total. The van der Waals surface area contributed by atoms with Crippen LogP contribution in [0.5, 0.6) is 11.5 Å². The molecule has 0 fully saturated rings. The smallest absolute Gasteiger partial charge is 0.119 e. The summed E-state index contributed by atoms with van der Waals surface area (Å²) in [6.07, 6.45) is 10.3. The van der Waals surface area contributed by atoms with Gasteiger partial charge in [-0.3, -0.25) is 0 Å². The molecule has 0 radical (unpaired) electrons. The van der Waals surface area contributed by atoms with Crippen molar-refractivity contribution < 1.29 is 14.0 Å². The third-order valence-electron chi connectivity index (χ3n) is 8.90. The maximum atomic E-state index is 6.22. The van der Waals surface area contributed by atoms with Crippen molar-refractivity contribution in [1.82, 2.24) is 24.8 Å². The van der Waals surface area contributed by atoms with Crippen LogP contribution in [0.2, 0.25) is 0 Å². The molecule has 8 heteroatoms. The fourth-order valence-electron chi connectivity index (χ4n) is 6.46.